The van der Waals surface area contributed by atoms with Crippen molar-refractivity contribution in [1.82, 2.24) is 19.3 Å². The number of carbonyl (C=O) groups is 1. The van der Waals surface area contributed by atoms with Crippen LogP contribution in [0.3, 0.4) is 0 Å². The number of ether oxygens (including phenoxy) is 1. The fourth-order valence-electron chi connectivity index (χ4n) is 3.18. The number of hydrogen-bond acceptors (Lipinski definition) is 5. The summed E-state index contributed by atoms with van der Waals surface area (Å²) in [5.74, 6) is 0.578. The van der Waals surface area contributed by atoms with Gasteiger partial charge in [-0.2, -0.15) is 0 Å². The molecule has 0 radical (unpaired) electrons. The zero-order valence-electron chi connectivity index (χ0n) is 16.8. The van der Waals surface area contributed by atoms with Gasteiger partial charge in [0, 0.05) is 13.1 Å². The Balaban J connectivity index is 1.49. The van der Waals surface area contributed by atoms with E-state index in [1.54, 1.807) is 25.8 Å². The Hall–Kier alpha value is -3.46. The normalized spacial score (nSPS) is 11.0. The Bertz CT molecular complexity index is 1270. The molecule has 0 aliphatic rings. The van der Waals surface area contributed by atoms with Crippen LogP contribution < -0.4 is 15.6 Å². The number of anilines is 1. The van der Waals surface area contributed by atoms with Crippen LogP contribution in [-0.4, -0.2) is 38.1 Å². The van der Waals surface area contributed by atoms with E-state index in [2.05, 4.69) is 15.3 Å². The van der Waals surface area contributed by atoms with Gasteiger partial charge in [0.2, 0.25) is 5.91 Å². The first-order chi connectivity index (χ1) is 14.5. The maximum atomic E-state index is 12.9. The van der Waals surface area contributed by atoms with Crippen molar-refractivity contribution < 1.29 is 9.53 Å². The molecule has 0 spiro atoms. The number of nitrogens with zero attached hydrogens (tertiary/aromatic N) is 3. The van der Waals surface area contributed by atoms with E-state index in [-0.39, 0.29) is 22.9 Å². The number of nitrogens with one attached hydrogen (secondary N) is 2. The summed E-state index contributed by atoms with van der Waals surface area (Å²) in [5.41, 5.74) is 3.06. The number of rotatable bonds is 6. The monoisotopic (exact) mass is 423 g/mol. The lowest BCUT2D eigenvalue weighted by Crippen LogP contribution is -2.23. The van der Waals surface area contributed by atoms with E-state index in [1.165, 1.54) is 16.4 Å². The first-order valence-electron chi connectivity index (χ1n) is 9.28. The highest BCUT2D eigenvalue weighted by Gasteiger charge is 2.18. The van der Waals surface area contributed by atoms with Gasteiger partial charge in [-0.1, -0.05) is 30.0 Å². The number of aromatic nitrogens is 4. The molecule has 0 unspecified atom stereocenters. The number of carbonyl (C=O) groups excluding carboxylic acids is 1. The highest BCUT2D eigenvalue weighted by atomic mass is 32.2. The predicted octanol–water partition coefficient (Wildman–Crippen LogP) is 3.10. The third-order valence-electron chi connectivity index (χ3n) is 4.83. The Morgan fingerprint density at radius 3 is 2.73 bits per heavy atom. The van der Waals surface area contributed by atoms with Gasteiger partial charge in [0.25, 0.3) is 5.56 Å². The molecule has 0 atom stereocenters. The van der Waals surface area contributed by atoms with Crippen LogP contribution in [0.5, 0.6) is 5.75 Å². The van der Waals surface area contributed by atoms with Gasteiger partial charge in [-0.3, -0.25) is 14.3 Å². The molecule has 2 heterocycles. The van der Waals surface area contributed by atoms with Gasteiger partial charge in [-0.05, 0) is 31.2 Å². The molecule has 30 heavy (non-hydrogen) atoms. The van der Waals surface area contributed by atoms with Crippen LogP contribution in [0.15, 0.2) is 58.5 Å². The summed E-state index contributed by atoms with van der Waals surface area (Å²) in [6, 6.07) is 14.8. The number of fused-ring (bicyclic) bond motifs is 1. The molecule has 4 aromatic rings. The van der Waals surface area contributed by atoms with Crippen LogP contribution in [0.1, 0.15) is 5.69 Å². The highest BCUT2D eigenvalue weighted by molar-refractivity contribution is 7.99. The first kappa shape index (κ1) is 19.8. The van der Waals surface area contributed by atoms with Crippen molar-refractivity contribution in [3.8, 4) is 11.4 Å². The Morgan fingerprint density at radius 2 is 2.00 bits per heavy atom. The Labute approximate surface area is 176 Å². The van der Waals surface area contributed by atoms with Crippen LogP contribution in [-0.2, 0) is 11.8 Å². The van der Waals surface area contributed by atoms with Gasteiger partial charge in [-0.15, -0.1) is 0 Å². The van der Waals surface area contributed by atoms with E-state index >= 15 is 0 Å². The molecule has 2 N–H and O–H groups in total. The highest BCUT2D eigenvalue weighted by Crippen LogP contribution is 2.23. The first-order valence-corrected chi connectivity index (χ1v) is 10.3. The molecule has 0 aliphatic heterocycles. The second-order valence-corrected chi connectivity index (χ2v) is 7.66. The summed E-state index contributed by atoms with van der Waals surface area (Å²) in [7, 11) is 3.39. The minimum absolute atomic E-state index is 0.121. The summed E-state index contributed by atoms with van der Waals surface area (Å²) in [6.07, 6.45) is 0. The van der Waals surface area contributed by atoms with Crippen LogP contribution in [0.25, 0.3) is 16.7 Å². The number of imidazole rings is 1. The van der Waals surface area contributed by atoms with E-state index in [9.17, 15) is 9.59 Å². The van der Waals surface area contributed by atoms with Crippen LogP contribution in [0.4, 0.5) is 5.69 Å². The Morgan fingerprint density at radius 1 is 1.23 bits per heavy atom. The molecule has 2 aromatic carbocycles. The van der Waals surface area contributed by atoms with Gasteiger partial charge in [0.05, 0.1) is 35.3 Å². The lowest BCUT2D eigenvalue weighted by molar-refractivity contribution is -0.113. The minimum atomic E-state index is -0.274. The van der Waals surface area contributed by atoms with Crippen molar-refractivity contribution >= 4 is 34.4 Å². The summed E-state index contributed by atoms with van der Waals surface area (Å²) in [5, 5.41) is 3.38. The second-order valence-electron chi connectivity index (χ2n) is 6.70. The predicted molar refractivity (Wildman–Crippen MR) is 118 cm³/mol. The largest absolute Gasteiger partial charge is 0.497 e. The average molecular weight is 423 g/mol. The number of para-hydroxylation sites is 1. The van der Waals surface area contributed by atoms with Crippen molar-refractivity contribution in [3.63, 3.8) is 0 Å². The number of methoxy groups -OCH3 is 1. The lowest BCUT2D eigenvalue weighted by atomic mass is 10.3. The summed E-state index contributed by atoms with van der Waals surface area (Å²) in [6.45, 7) is 1.80. The Kier molecular flexibility index (Phi) is 5.37. The lowest BCUT2D eigenvalue weighted by Gasteiger charge is -2.07. The molecule has 4 rings (SSSR count). The molecule has 2 aromatic heterocycles. The molecule has 0 fully saturated rings. The number of amides is 1. The van der Waals surface area contributed by atoms with Crippen molar-refractivity contribution in [2.45, 2.75) is 12.1 Å². The van der Waals surface area contributed by atoms with Crippen molar-refractivity contribution in [1.29, 1.82) is 0 Å². The molecular weight excluding hydrogens is 402 g/mol. The van der Waals surface area contributed by atoms with E-state index in [0.29, 0.717) is 10.9 Å². The van der Waals surface area contributed by atoms with Crippen molar-refractivity contribution in [2.75, 3.05) is 18.2 Å². The molecule has 1 amide bonds. The van der Waals surface area contributed by atoms with Crippen LogP contribution in [0.2, 0.25) is 0 Å². The third-order valence-corrected chi connectivity index (χ3v) is 5.70. The quantitative estimate of drug-likeness (QED) is 0.465. The van der Waals surface area contributed by atoms with E-state index in [4.69, 9.17) is 4.74 Å². The molecule has 8 nitrogen and oxygen atoms in total. The van der Waals surface area contributed by atoms with Crippen LogP contribution >= 0.6 is 11.8 Å². The third kappa shape index (κ3) is 3.71. The summed E-state index contributed by atoms with van der Waals surface area (Å²) < 4.78 is 8.47. The molecule has 9 heteroatoms. The van der Waals surface area contributed by atoms with Gasteiger partial charge in [0.15, 0.2) is 5.16 Å². The second kappa shape index (κ2) is 8.11. The standard InChI is InChI=1S/C21H21N5O3S/c1-13-19(20(28)26(25(13)2)14-7-5-4-6-8-14)24-18(27)12-30-21-22-16-10-9-15(29-3)11-17(16)23-21/h4-11H,12H2,1-3H3,(H,22,23)(H,24,27). The van der Waals surface area contributed by atoms with Gasteiger partial charge in [-0.25, -0.2) is 9.67 Å². The van der Waals surface area contributed by atoms with Crippen LogP contribution in [0, 0.1) is 6.92 Å². The molecular formula is C21H21N5O3S. The zero-order valence-corrected chi connectivity index (χ0v) is 17.6. The number of benzene rings is 2. The van der Waals surface area contributed by atoms with E-state index in [1.807, 2.05) is 48.5 Å². The topological polar surface area (TPSA) is 93.9 Å². The van der Waals surface area contributed by atoms with Crippen molar-refractivity contribution in [3.05, 3.63) is 64.6 Å². The van der Waals surface area contributed by atoms with E-state index in [0.717, 1.165) is 22.5 Å². The fraction of sp³-hybridized carbons (Fsp3) is 0.190. The molecule has 154 valence electrons. The van der Waals surface area contributed by atoms with E-state index < -0.39 is 0 Å². The number of H-pyrrole nitrogens is 1. The smallest absolute Gasteiger partial charge is 0.295 e. The van der Waals surface area contributed by atoms with Crippen molar-refractivity contribution in [2.24, 2.45) is 7.05 Å². The molecule has 0 aliphatic carbocycles. The molecule has 0 saturated carbocycles. The fourth-order valence-corrected chi connectivity index (χ4v) is 3.87. The SMILES string of the molecule is COc1ccc2nc(SCC(=O)Nc3c(C)n(C)n(-c4ccccc4)c3=O)[nH]c2c1. The number of thioether (sulfide) groups is 1. The number of hydrogen-bond donors (Lipinski definition) is 2. The maximum absolute atomic E-state index is 12.9. The minimum Gasteiger partial charge on any atom is -0.497 e. The molecule has 0 bridgehead atoms. The number of aromatic amines is 1. The van der Waals surface area contributed by atoms with Gasteiger partial charge in [0.1, 0.15) is 11.4 Å². The average Bonchev–Trinajstić information content (AvgIpc) is 3.26. The van der Waals surface area contributed by atoms with Gasteiger partial charge >= 0.3 is 0 Å². The maximum Gasteiger partial charge on any atom is 0.295 e. The zero-order chi connectivity index (χ0) is 21.3. The summed E-state index contributed by atoms with van der Waals surface area (Å²) >= 11 is 1.27. The summed E-state index contributed by atoms with van der Waals surface area (Å²) in [4.78, 5) is 33.0. The molecule has 0 saturated heterocycles. The van der Waals surface area contributed by atoms with Gasteiger partial charge < -0.3 is 15.0 Å².